The molecule has 0 aliphatic carbocycles. The average Bonchev–Trinajstić information content (AvgIpc) is 2.38. The topological polar surface area (TPSA) is 16.1 Å². The van der Waals surface area contributed by atoms with E-state index < -0.39 is 12.1 Å². The molecule has 0 bridgehead atoms. The Morgan fingerprint density at radius 3 is 2.74 bits per heavy atom. The molecule has 1 saturated heterocycles. The number of rotatable bonds is 2. The first-order chi connectivity index (χ1) is 8.88. The van der Waals surface area contributed by atoms with Crippen LogP contribution in [0.5, 0.6) is 0 Å². The summed E-state index contributed by atoms with van der Waals surface area (Å²) in [7, 11) is 0. The fourth-order valence-corrected chi connectivity index (χ4v) is 2.58. The molecule has 0 spiro atoms. The van der Waals surface area contributed by atoms with Gasteiger partial charge in [0.2, 0.25) is 0 Å². The van der Waals surface area contributed by atoms with E-state index in [-0.39, 0.29) is 19.0 Å². The van der Waals surface area contributed by atoms with E-state index >= 15 is 0 Å². The molecule has 0 N–H and O–H groups in total. The lowest BCUT2D eigenvalue weighted by Gasteiger charge is -2.37. The summed E-state index contributed by atoms with van der Waals surface area (Å²) in [5.74, 6) is -1.22. The first-order valence-electron chi connectivity index (χ1n) is 6.30. The lowest BCUT2D eigenvalue weighted by Crippen LogP contribution is -2.42. The Balaban J connectivity index is 2.06. The van der Waals surface area contributed by atoms with Gasteiger partial charge in [0.25, 0.3) is 0 Å². The van der Waals surface area contributed by atoms with E-state index in [1.54, 1.807) is 12.3 Å². The Morgan fingerprint density at radius 2 is 2.16 bits per heavy atom. The van der Waals surface area contributed by atoms with Crippen LogP contribution in [0.25, 0.3) is 0 Å². The van der Waals surface area contributed by atoms with Gasteiger partial charge in [0, 0.05) is 18.8 Å². The monoisotopic (exact) mass is 292 g/mol. The Morgan fingerprint density at radius 1 is 1.42 bits per heavy atom. The van der Waals surface area contributed by atoms with Crippen LogP contribution in [0.15, 0.2) is 18.3 Å². The van der Waals surface area contributed by atoms with E-state index in [0.717, 1.165) is 5.56 Å². The number of piperidine rings is 1. The molecule has 2 heterocycles. The number of aromatic nitrogens is 1. The third kappa shape index (κ3) is 3.60. The van der Waals surface area contributed by atoms with Crippen molar-refractivity contribution in [2.75, 3.05) is 13.1 Å². The largest absolute Gasteiger partial charge is 0.393 e. The maximum Gasteiger partial charge on any atom is 0.393 e. The zero-order valence-corrected chi connectivity index (χ0v) is 11.4. The standard InChI is InChI=1S/C13H16ClF3N2/c1-9(10-4-5-12(14)18-7-10)19-6-2-3-11(8-19)13(15,16)17/h4-5,7,9,11H,2-3,6,8H2,1H3. The molecular formula is C13H16ClF3N2. The number of likely N-dealkylation sites (tertiary alicyclic amines) is 1. The maximum atomic E-state index is 12.8. The van der Waals surface area contributed by atoms with Gasteiger partial charge < -0.3 is 0 Å². The lowest BCUT2D eigenvalue weighted by atomic mass is 9.95. The summed E-state index contributed by atoms with van der Waals surface area (Å²) in [6.07, 6.45) is -1.66. The molecule has 0 radical (unpaired) electrons. The molecule has 106 valence electrons. The molecule has 6 heteroatoms. The van der Waals surface area contributed by atoms with Crippen molar-refractivity contribution in [1.82, 2.24) is 9.88 Å². The Bertz CT molecular complexity index is 419. The van der Waals surface area contributed by atoms with Crippen molar-refractivity contribution in [3.63, 3.8) is 0 Å². The van der Waals surface area contributed by atoms with Crippen molar-refractivity contribution in [3.8, 4) is 0 Å². The van der Waals surface area contributed by atoms with Gasteiger partial charge in [0.05, 0.1) is 5.92 Å². The van der Waals surface area contributed by atoms with Crippen LogP contribution in [0.2, 0.25) is 5.15 Å². The number of pyridine rings is 1. The molecular weight excluding hydrogens is 277 g/mol. The summed E-state index contributed by atoms with van der Waals surface area (Å²) < 4.78 is 38.3. The molecule has 1 aliphatic rings. The summed E-state index contributed by atoms with van der Waals surface area (Å²) >= 11 is 5.71. The highest BCUT2D eigenvalue weighted by atomic mass is 35.5. The van der Waals surface area contributed by atoms with Gasteiger partial charge in [-0.2, -0.15) is 13.2 Å². The smallest absolute Gasteiger partial charge is 0.296 e. The van der Waals surface area contributed by atoms with Gasteiger partial charge in [-0.3, -0.25) is 4.90 Å². The highest BCUT2D eigenvalue weighted by Crippen LogP contribution is 2.35. The number of hydrogen-bond donors (Lipinski definition) is 0. The van der Waals surface area contributed by atoms with Gasteiger partial charge in [0.1, 0.15) is 5.15 Å². The summed E-state index contributed by atoms with van der Waals surface area (Å²) in [5.41, 5.74) is 0.896. The highest BCUT2D eigenvalue weighted by Gasteiger charge is 2.42. The van der Waals surface area contributed by atoms with Crippen LogP contribution in [0.3, 0.4) is 0 Å². The zero-order chi connectivity index (χ0) is 14.0. The predicted molar refractivity (Wildman–Crippen MR) is 68.0 cm³/mol. The summed E-state index contributed by atoms with van der Waals surface area (Å²) in [6.45, 7) is 2.66. The summed E-state index contributed by atoms with van der Waals surface area (Å²) in [4.78, 5) is 5.85. The average molecular weight is 293 g/mol. The van der Waals surface area contributed by atoms with Crippen molar-refractivity contribution >= 4 is 11.6 Å². The van der Waals surface area contributed by atoms with Gasteiger partial charge in [-0.1, -0.05) is 17.7 Å². The number of hydrogen-bond acceptors (Lipinski definition) is 2. The van der Waals surface area contributed by atoms with Crippen molar-refractivity contribution in [1.29, 1.82) is 0 Å². The van der Waals surface area contributed by atoms with Crippen LogP contribution in [-0.2, 0) is 0 Å². The molecule has 1 aromatic rings. The second kappa shape index (κ2) is 5.67. The maximum absolute atomic E-state index is 12.8. The molecule has 2 atom stereocenters. The highest BCUT2D eigenvalue weighted by molar-refractivity contribution is 6.29. The first-order valence-corrected chi connectivity index (χ1v) is 6.68. The minimum absolute atomic E-state index is 0.0628. The van der Waals surface area contributed by atoms with Crippen molar-refractivity contribution < 1.29 is 13.2 Å². The summed E-state index contributed by atoms with van der Waals surface area (Å²) in [6, 6.07) is 3.41. The molecule has 0 saturated carbocycles. The number of alkyl halides is 3. The number of nitrogens with zero attached hydrogens (tertiary/aromatic N) is 2. The Kier molecular flexibility index (Phi) is 4.36. The third-order valence-corrected chi connectivity index (χ3v) is 3.92. The van der Waals surface area contributed by atoms with Crippen LogP contribution in [0.4, 0.5) is 13.2 Å². The lowest BCUT2D eigenvalue weighted by molar-refractivity contribution is -0.188. The minimum Gasteiger partial charge on any atom is -0.296 e. The van der Waals surface area contributed by atoms with Gasteiger partial charge in [-0.05, 0) is 37.9 Å². The molecule has 2 rings (SSSR count). The molecule has 2 nitrogen and oxygen atoms in total. The second-order valence-corrected chi connectivity index (χ2v) is 5.35. The van der Waals surface area contributed by atoms with Crippen LogP contribution in [-0.4, -0.2) is 29.1 Å². The molecule has 0 aromatic carbocycles. The summed E-state index contributed by atoms with van der Waals surface area (Å²) in [5, 5.41) is 0.391. The van der Waals surface area contributed by atoms with E-state index in [0.29, 0.717) is 18.1 Å². The SMILES string of the molecule is CC(c1ccc(Cl)nc1)N1CCCC(C(F)(F)F)C1. The van der Waals surface area contributed by atoms with E-state index in [4.69, 9.17) is 11.6 Å². The van der Waals surface area contributed by atoms with E-state index in [1.807, 2.05) is 17.9 Å². The van der Waals surface area contributed by atoms with Crippen molar-refractivity contribution in [2.45, 2.75) is 32.0 Å². The molecule has 1 aromatic heterocycles. The van der Waals surface area contributed by atoms with Gasteiger partial charge >= 0.3 is 6.18 Å². The zero-order valence-electron chi connectivity index (χ0n) is 10.6. The van der Waals surface area contributed by atoms with Crippen LogP contribution in [0.1, 0.15) is 31.4 Å². The van der Waals surface area contributed by atoms with Gasteiger partial charge in [-0.15, -0.1) is 0 Å². The Hall–Kier alpha value is -0.810. The first kappa shape index (κ1) is 14.6. The third-order valence-electron chi connectivity index (χ3n) is 3.70. The van der Waals surface area contributed by atoms with Crippen LogP contribution >= 0.6 is 11.6 Å². The minimum atomic E-state index is -4.10. The molecule has 19 heavy (non-hydrogen) atoms. The van der Waals surface area contributed by atoms with Crippen LogP contribution < -0.4 is 0 Å². The van der Waals surface area contributed by atoms with E-state index in [1.165, 1.54) is 0 Å². The fourth-order valence-electron chi connectivity index (χ4n) is 2.47. The molecule has 2 unspecified atom stereocenters. The fraction of sp³-hybridized carbons (Fsp3) is 0.615. The Labute approximate surface area is 115 Å². The molecule has 0 amide bonds. The molecule has 1 aliphatic heterocycles. The molecule has 1 fully saturated rings. The second-order valence-electron chi connectivity index (χ2n) is 4.97. The van der Waals surface area contributed by atoms with E-state index in [9.17, 15) is 13.2 Å². The van der Waals surface area contributed by atoms with Gasteiger partial charge in [-0.25, -0.2) is 4.98 Å². The van der Waals surface area contributed by atoms with Gasteiger partial charge in [0.15, 0.2) is 0 Å². The van der Waals surface area contributed by atoms with Crippen molar-refractivity contribution in [2.24, 2.45) is 5.92 Å². The predicted octanol–water partition coefficient (Wildman–Crippen LogP) is 4.07. The van der Waals surface area contributed by atoms with Crippen molar-refractivity contribution in [3.05, 3.63) is 29.0 Å². The van der Waals surface area contributed by atoms with Crippen LogP contribution in [0, 0.1) is 5.92 Å². The normalized spacial score (nSPS) is 23.3. The number of halogens is 4. The van der Waals surface area contributed by atoms with E-state index in [2.05, 4.69) is 4.98 Å². The quantitative estimate of drug-likeness (QED) is 0.764.